The van der Waals surface area contributed by atoms with Gasteiger partial charge in [0, 0.05) is 30.1 Å². The van der Waals surface area contributed by atoms with Crippen molar-refractivity contribution in [2.45, 2.75) is 18.9 Å². The van der Waals surface area contributed by atoms with E-state index < -0.39 is 11.6 Å². The van der Waals surface area contributed by atoms with Crippen molar-refractivity contribution in [1.82, 2.24) is 24.4 Å². The Bertz CT molecular complexity index is 1410. The highest BCUT2D eigenvalue weighted by Gasteiger charge is 2.30. The summed E-state index contributed by atoms with van der Waals surface area (Å²) in [5.74, 6) is -0.160. The van der Waals surface area contributed by atoms with Crippen LogP contribution in [0.3, 0.4) is 0 Å². The summed E-state index contributed by atoms with van der Waals surface area (Å²) in [6.45, 7) is 0.708. The van der Waals surface area contributed by atoms with Gasteiger partial charge in [-0.1, -0.05) is 0 Å². The first kappa shape index (κ1) is 18.7. The largest absolute Gasteiger partial charge is 0.472 e. The predicted molar refractivity (Wildman–Crippen MR) is 113 cm³/mol. The van der Waals surface area contributed by atoms with Crippen molar-refractivity contribution in [3.05, 3.63) is 84.7 Å². The van der Waals surface area contributed by atoms with Crippen LogP contribution < -0.4 is 4.90 Å². The maximum Gasteiger partial charge on any atom is 0.183 e. The lowest BCUT2D eigenvalue weighted by molar-refractivity contribution is 0.560. The van der Waals surface area contributed by atoms with Crippen LogP contribution in [0.15, 0.2) is 71.9 Å². The first-order chi connectivity index (χ1) is 15.7. The minimum Gasteiger partial charge on any atom is -0.472 e. The predicted octanol–water partition coefficient (Wildman–Crippen LogP) is 4.79. The van der Waals surface area contributed by atoms with Gasteiger partial charge in [-0.05, 0) is 49.2 Å². The van der Waals surface area contributed by atoms with E-state index in [1.807, 2.05) is 35.5 Å². The zero-order chi connectivity index (χ0) is 21.7. The van der Waals surface area contributed by atoms with Crippen LogP contribution >= 0.6 is 0 Å². The van der Waals surface area contributed by atoms with Gasteiger partial charge in [0.15, 0.2) is 5.65 Å². The van der Waals surface area contributed by atoms with Crippen LogP contribution in [-0.4, -0.2) is 30.9 Å². The highest BCUT2D eigenvalue weighted by molar-refractivity contribution is 5.63. The Balaban J connectivity index is 1.39. The molecular weight excluding hydrogens is 414 g/mol. The third kappa shape index (κ3) is 3.05. The second kappa shape index (κ2) is 7.30. The summed E-state index contributed by atoms with van der Waals surface area (Å²) in [5, 5.41) is 9.00. The fourth-order valence-corrected chi connectivity index (χ4v) is 4.33. The number of hydrogen-bond acceptors (Lipinski definition) is 5. The molecule has 7 nitrogen and oxygen atoms in total. The number of aromatic nitrogens is 5. The monoisotopic (exact) mass is 432 g/mol. The minimum absolute atomic E-state index is 0.274. The van der Waals surface area contributed by atoms with E-state index in [-0.39, 0.29) is 6.04 Å². The summed E-state index contributed by atoms with van der Waals surface area (Å²) in [6, 6.07) is 8.91. The second-order valence-corrected chi connectivity index (χ2v) is 7.76. The number of rotatable bonds is 4. The normalized spacial score (nSPS) is 16.3. The molecule has 32 heavy (non-hydrogen) atoms. The standard InChI is InChI=1S/C23H18F2N6O/c24-16-3-4-18(25)17(12-16)20-2-1-8-29(20)22-6-10-31-23(27-22)21(13-26-31)30-9-5-19(28-30)15-7-11-32-14-15/h3-7,9-14,20H,1-2,8H2/t20-/m1/s1. The van der Waals surface area contributed by atoms with E-state index in [0.29, 0.717) is 29.3 Å². The van der Waals surface area contributed by atoms with Crippen molar-refractivity contribution in [2.24, 2.45) is 0 Å². The van der Waals surface area contributed by atoms with Gasteiger partial charge in [0.05, 0.1) is 30.5 Å². The summed E-state index contributed by atoms with van der Waals surface area (Å²) in [5.41, 5.74) is 3.35. The molecule has 160 valence electrons. The van der Waals surface area contributed by atoms with E-state index in [0.717, 1.165) is 30.2 Å². The van der Waals surface area contributed by atoms with Gasteiger partial charge < -0.3 is 9.32 Å². The topological polar surface area (TPSA) is 64.4 Å². The summed E-state index contributed by atoms with van der Waals surface area (Å²) < 4.78 is 36.8. The van der Waals surface area contributed by atoms with Crippen LogP contribution in [0, 0.1) is 11.6 Å². The van der Waals surface area contributed by atoms with E-state index in [1.54, 1.807) is 27.9 Å². The smallest absolute Gasteiger partial charge is 0.183 e. The van der Waals surface area contributed by atoms with Gasteiger partial charge in [-0.2, -0.15) is 10.2 Å². The number of nitrogens with zero attached hydrogens (tertiary/aromatic N) is 6. The molecule has 0 spiro atoms. The highest BCUT2D eigenvalue weighted by Crippen LogP contribution is 2.37. The SMILES string of the molecule is Fc1ccc(F)c([C@H]2CCCN2c2ccn3ncc(-n4ccc(-c5ccoc5)n4)c3n2)c1. The summed E-state index contributed by atoms with van der Waals surface area (Å²) in [6.07, 6.45) is 10.2. The molecule has 0 saturated carbocycles. The van der Waals surface area contributed by atoms with Gasteiger partial charge in [0.25, 0.3) is 0 Å². The molecular formula is C23H18F2N6O. The van der Waals surface area contributed by atoms with E-state index in [1.165, 1.54) is 12.1 Å². The van der Waals surface area contributed by atoms with Gasteiger partial charge in [-0.3, -0.25) is 0 Å². The number of hydrogen-bond donors (Lipinski definition) is 0. The maximum atomic E-state index is 14.5. The second-order valence-electron chi connectivity index (χ2n) is 7.76. The Kier molecular flexibility index (Phi) is 4.27. The van der Waals surface area contributed by atoms with Crippen LogP contribution in [0.25, 0.3) is 22.6 Å². The number of anilines is 1. The zero-order valence-corrected chi connectivity index (χ0v) is 16.9. The van der Waals surface area contributed by atoms with Crippen LogP contribution in [0.1, 0.15) is 24.4 Å². The lowest BCUT2D eigenvalue weighted by Gasteiger charge is -2.26. The minimum atomic E-state index is -0.443. The third-order valence-electron chi connectivity index (χ3n) is 5.85. The molecule has 4 aromatic heterocycles. The first-order valence-electron chi connectivity index (χ1n) is 10.3. The summed E-state index contributed by atoms with van der Waals surface area (Å²) in [7, 11) is 0. The average molecular weight is 432 g/mol. The molecule has 9 heteroatoms. The molecule has 6 rings (SSSR count). The number of fused-ring (bicyclic) bond motifs is 1. The Morgan fingerprint density at radius 2 is 2.00 bits per heavy atom. The Hall–Kier alpha value is -4.01. The van der Waals surface area contributed by atoms with Crippen molar-refractivity contribution in [1.29, 1.82) is 0 Å². The summed E-state index contributed by atoms with van der Waals surface area (Å²) >= 11 is 0. The van der Waals surface area contributed by atoms with Crippen molar-refractivity contribution in [2.75, 3.05) is 11.4 Å². The van der Waals surface area contributed by atoms with Crippen molar-refractivity contribution >= 4 is 11.5 Å². The fraction of sp³-hybridized carbons (Fsp3) is 0.174. The molecule has 1 atom stereocenters. The molecule has 1 aromatic carbocycles. The quantitative estimate of drug-likeness (QED) is 0.408. The molecule has 1 fully saturated rings. The van der Waals surface area contributed by atoms with Crippen molar-refractivity contribution < 1.29 is 13.2 Å². The highest BCUT2D eigenvalue weighted by atomic mass is 19.1. The maximum absolute atomic E-state index is 14.5. The van der Waals surface area contributed by atoms with Gasteiger partial charge >= 0.3 is 0 Å². The van der Waals surface area contributed by atoms with E-state index >= 15 is 0 Å². The first-order valence-corrected chi connectivity index (χ1v) is 10.3. The van der Waals surface area contributed by atoms with Crippen LogP contribution in [0.5, 0.6) is 0 Å². The van der Waals surface area contributed by atoms with Crippen molar-refractivity contribution in [3.63, 3.8) is 0 Å². The molecule has 5 heterocycles. The number of benzene rings is 1. The lowest BCUT2D eigenvalue weighted by Crippen LogP contribution is -2.24. The third-order valence-corrected chi connectivity index (χ3v) is 5.85. The lowest BCUT2D eigenvalue weighted by atomic mass is 10.0. The molecule has 1 saturated heterocycles. The van der Waals surface area contributed by atoms with Crippen molar-refractivity contribution in [3.8, 4) is 16.9 Å². The van der Waals surface area contributed by atoms with Crippen LogP contribution in [0.2, 0.25) is 0 Å². The van der Waals surface area contributed by atoms with Gasteiger partial charge in [0.1, 0.15) is 23.1 Å². The molecule has 5 aromatic rings. The molecule has 0 unspecified atom stereocenters. The molecule has 0 radical (unpaired) electrons. The summed E-state index contributed by atoms with van der Waals surface area (Å²) in [4.78, 5) is 6.85. The van der Waals surface area contributed by atoms with Gasteiger partial charge in [-0.25, -0.2) is 23.0 Å². The number of furan rings is 1. The Morgan fingerprint density at radius 1 is 1.06 bits per heavy atom. The fourth-order valence-electron chi connectivity index (χ4n) is 4.33. The molecule has 0 aliphatic carbocycles. The molecule has 0 N–H and O–H groups in total. The zero-order valence-electron chi connectivity index (χ0n) is 16.9. The van der Waals surface area contributed by atoms with Gasteiger partial charge in [-0.15, -0.1) is 0 Å². The van der Waals surface area contributed by atoms with Crippen LogP contribution in [-0.2, 0) is 0 Å². The molecule has 0 amide bonds. The van der Waals surface area contributed by atoms with Gasteiger partial charge in [0.2, 0.25) is 0 Å². The van der Waals surface area contributed by atoms with E-state index in [4.69, 9.17) is 9.40 Å². The Morgan fingerprint density at radius 3 is 2.88 bits per heavy atom. The molecule has 0 bridgehead atoms. The van der Waals surface area contributed by atoms with E-state index in [2.05, 4.69) is 10.2 Å². The average Bonchev–Trinajstić information content (AvgIpc) is 3.60. The Labute approximate surface area is 181 Å². The molecule has 1 aliphatic rings. The van der Waals surface area contributed by atoms with E-state index in [9.17, 15) is 8.78 Å². The molecule has 1 aliphatic heterocycles. The number of halogens is 2. The van der Waals surface area contributed by atoms with Crippen LogP contribution in [0.4, 0.5) is 14.6 Å².